The Balaban J connectivity index is 3.21. The smallest absolute Gasteiger partial charge is 0.376 e. The second-order valence-corrected chi connectivity index (χ2v) is 7.41. The van der Waals surface area contributed by atoms with Gasteiger partial charge in [0.25, 0.3) is 0 Å². The molecule has 8 heteroatoms. The summed E-state index contributed by atoms with van der Waals surface area (Å²) in [6.07, 6.45) is 0. The van der Waals surface area contributed by atoms with E-state index in [0.29, 0.717) is 0 Å². The summed E-state index contributed by atoms with van der Waals surface area (Å²) < 4.78 is 54.1. The molecule has 0 amide bonds. The van der Waals surface area contributed by atoms with Gasteiger partial charge >= 0.3 is 11.9 Å². The van der Waals surface area contributed by atoms with Crippen LogP contribution in [0.4, 0.5) is 13.2 Å². The fraction of sp³-hybridized carbons (Fsp3) is 0.462. The van der Waals surface area contributed by atoms with E-state index in [1.165, 1.54) is 26.8 Å². The summed E-state index contributed by atoms with van der Waals surface area (Å²) >= 11 is -1.95. The lowest BCUT2D eigenvalue weighted by Crippen LogP contribution is -2.49. The van der Waals surface area contributed by atoms with Crippen LogP contribution in [0.25, 0.3) is 0 Å². The first-order chi connectivity index (χ1) is 9.46. The molecule has 0 aliphatic carbocycles. The van der Waals surface area contributed by atoms with E-state index in [4.69, 9.17) is 5.11 Å². The van der Waals surface area contributed by atoms with Gasteiger partial charge in [0.1, 0.15) is 10.6 Å². The van der Waals surface area contributed by atoms with Crippen LogP contribution >= 0.6 is 0 Å². The van der Waals surface area contributed by atoms with Crippen LogP contribution in [0.2, 0.25) is 0 Å². The molecule has 0 aromatic heterocycles. The Bertz CT molecular complexity index is 520. The first-order valence-corrected chi connectivity index (χ1v) is 7.16. The number of hydrogen-bond donors (Lipinski definition) is 2. The number of halogens is 3. The van der Waals surface area contributed by atoms with Crippen molar-refractivity contribution in [3.63, 3.8) is 0 Å². The van der Waals surface area contributed by atoms with Gasteiger partial charge in [-0.25, -0.2) is 9.18 Å². The molecule has 0 saturated heterocycles. The van der Waals surface area contributed by atoms with Gasteiger partial charge in [-0.2, -0.15) is 8.78 Å². The van der Waals surface area contributed by atoms with E-state index in [1.54, 1.807) is 0 Å². The quantitative estimate of drug-likeness (QED) is 0.817. The lowest BCUT2D eigenvalue weighted by Gasteiger charge is -2.30. The fourth-order valence-corrected chi connectivity index (χ4v) is 2.30. The number of aliphatic carboxylic acids is 1. The Morgan fingerprint density at radius 3 is 2.38 bits per heavy atom. The van der Waals surface area contributed by atoms with Crippen molar-refractivity contribution in [2.24, 2.45) is 0 Å². The van der Waals surface area contributed by atoms with Gasteiger partial charge in [-0.15, -0.1) is 4.72 Å². The Morgan fingerprint density at radius 1 is 1.38 bits per heavy atom. The summed E-state index contributed by atoms with van der Waals surface area (Å²) in [4.78, 5) is 10.8. The summed E-state index contributed by atoms with van der Waals surface area (Å²) in [6.45, 7) is 4.62. The van der Waals surface area contributed by atoms with Crippen LogP contribution in [0.5, 0.6) is 0 Å². The molecule has 4 nitrogen and oxygen atoms in total. The number of carbonyl (C=O) groups is 1. The highest BCUT2D eigenvalue weighted by molar-refractivity contribution is 7.90. The van der Waals surface area contributed by atoms with Gasteiger partial charge in [0.05, 0.1) is 0 Å². The van der Waals surface area contributed by atoms with E-state index in [0.717, 1.165) is 18.2 Å². The minimum Gasteiger partial charge on any atom is -0.598 e. The molecule has 1 aromatic rings. The second-order valence-electron chi connectivity index (χ2n) is 5.42. The van der Waals surface area contributed by atoms with Gasteiger partial charge in [-0.3, -0.25) is 0 Å². The molecule has 0 unspecified atom stereocenters. The normalized spacial score (nSPS) is 15.6. The van der Waals surface area contributed by atoms with E-state index >= 15 is 0 Å². The van der Waals surface area contributed by atoms with Gasteiger partial charge in [0.15, 0.2) is 6.04 Å². The first kappa shape index (κ1) is 17.8. The number of carboxylic acids is 1. The molecule has 0 heterocycles. The molecule has 1 rings (SSSR count). The SMILES string of the molecule is CC(C)(C)[S@+]([O-])N[C@@H](c1cccc(F)c1)C(F)(F)C(=O)O. The van der Waals surface area contributed by atoms with Crippen LogP contribution in [-0.2, 0) is 16.2 Å². The Morgan fingerprint density at radius 2 is 1.95 bits per heavy atom. The summed E-state index contributed by atoms with van der Waals surface area (Å²) in [7, 11) is 0. The van der Waals surface area contributed by atoms with Gasteiger partial charge in [-0.1, -0.05) is 12.1 Å². The predicted octanol–water partition coefficient (Wildman–Crippen LogP) is 2.64. The maximum absolute atomic E-state index is 13.9. The lowest BCUT2D eigenvalue weighted by atomic mass is 10.0. The van der Waals surface area contributed by atoms with E-state index < -0.39 is 39.9 Å². The standard InChI is InChI=1S/C13H16F3NO3S/c1-12(2,3)21(20)17-10(13(15,16)11(18)19)8-5-4-6-9(14)7-8/h4-7,10,17H,1-3H3,(H,18,19)/t10-,21-/m0/s1. The van der Waals surface area contributed by atoms with Gasteiger partial charge in [0, 0.05) is 11.4 Å². The average molecular weight is 323 g/mol. The van der Waals surface area contributed by atoms with Crippen LogP contribution in [0.15, 0.2) is 24.3 Å². The third-order valence-electron chi connectivity index (χ3n) is 2.61. The third-order valence-corrected chi connectivity index (χ3v) is 4.17. The molecule has 0 radical (unpaired) electrons. The second kappa shape index (κ2) is 6.25. The zero-order chi connectivity index (χ0) is 16.4. The molecule has 0 saturated carbocycles. The van der Waals surface area contributed by atoms with E-state index in [2.05, 4.69) is 4.72 Å². The van der Waals surface area contributed by atoms with Crippen molar-refractivity contribution in [2.45, 2.75) is 37.5 Å². The molecule has 2 atom stereocenters. The molecule has 118 valence electrons. The fourth-order valence-electron chi connectivity index (χ4n) is 1.44. The molecule has 0 aliphatic heterocycles. The molecule has 0 aliphatic rings. The number of alkyl halides is 2. The summed E-state index contributed by atoms with van der Waals surface area (Å²) in [5, 5.41) is 8.68. The molecule has 2 N–H and O–H groups in total. The Kier molecular flexibility index (Phi) is 5.30. The monoisotopic (exact) mass is 323 g/mol. The molecule has 0 bridgehead atoms. The number of rotatable bonds is 5. The van der Waals surface area contributed by atoms with E-state index in [-0.39, 0.29) is 5.56 Å². The van der Waals surface area contributed by atoms with Gasteiger partial charge < -0.3 is 9.66 Å². The molecular weight excluding hydrogens is 307 g/mol. The maximum Gasteiger partial charge on any atom is 0.376 e. The largest absolute Gasteiger partial charge is 0.598 e. The van der Waals surface area contributed by atoms with E-state index in [1.807, 2.05) is 0 Å². The Labute approximate surface area is 123 Å². The van der Waals surface area contributed by atoms with Crippen molar-refractivity contribution in [3.8, 4) is 0 Å². The van der Waals surface area contributed by atoms with Crippen molar-refractivity contribution in [1.29, 1.82) is 0 Å². The zero-order valence-corrected chi connectivity index (χ0v) is 12.5. The highest BCUT2D eigenvalue weighted by Crippen LogP contribution is 2.34. The summed E-state index contributed by atoms with van der Waals surface area (Å²) in [5.74, 6) is -7.41. The lowest BCUT2D eigenvalue weighted by molar-refractivity contribution is -0.168. The van der Waals surface area contributed by atoms with Crippen LogP contribution < -0.4 is 4.72 Å². The van der Waals surface area contributed by atoms with Crippen LogP contribution in [0.1, 0.15) is 32.4 Å². The van der Waals surface area contributed by atoms with Crippen molar-refractivity contribution in [1.82, 2.24) is 4.72 Å². The van der Waals surface area contributed by atoms with Crippen LogP contribution in [0, 0.1) is 5.82 Å². The third kappa shape index (κ3) is 4.36. The summed E-state index contributed by atoms with van der Waals surface area (Å²) in [5.41, 5.74) is -0.292. The minimum atomic E-state index is -4.24. The van der Waals surface area contributed by atoms with Crippen molar-refractivity contribution in [3.05, 3.63) is 35.6 Å². The van der Waals surface area contributed by atoms with Crippen molar-refractivity contribution in [2.75, 3.05) is 0 Å². The predicted molar refractivity (Wildman–Crippen MR) is 72.8 cm³/mol. The zero-order valence-electron chi connectivity index (χ0n) is 11.7. The minimum absolute atomic E-state index is 0.292. The van der Waals surface area contributed by atoms with Crippen molar-refractivity contribution >= 4 is 17.3 Å². The average Bonchev–Trinajstić information content (AvgIpc) is 2.33. The van der Waals surface area contributed by atoms with E-state index in [9.17, 15) is 22.5 Å². The number of carboxylic acid groups (broad SMARTS) is 1. The molecular formula is C13H16F3NO3S. The maximum atomic E-state index is 13.9. The molecule has 0 spiro atoms. The van der Waals surface area contributed by atoms with Gasteiger partial charge in [-0.05, 0) is 38.5 Å². The highest BCUT2D eigenvalue weighted by Gasteiger charge is 2.51. The first-order valence-electron chi connectivity index (χ1n) is 6.01. The summed E-state index contributed by atoms with van der Waals surface area (Å²) in [6, 6.07) is 2.05. The molecule has 0 fully saturated rings. The molecule has 21 heavy (non-hydrogen) atoms. The number of hydrogen-bond acceptors (Lipinski definition) is 3. The van der Waals surface area contributed by atoms with Gasteiger partial charge in [0.2, 0.25) is 0 Å². The highest BCUT2D eigenvalue weighted by atomic mass is 32.2. The number of benzene rings is 1. The molecule has 1 aromatic carbocycles. The van der Waals surface area contributed by atoms with Crippen molar-refractivity contribution < 1.29 is 27.6 Å². The van der Waals surface area contributed by atoms with Crippen LogP contribution in [0.3, 0.4) is 0 Å². The number of nitrogens with one attached hydrogen (secondary N) is 1. The Hall–Kier alpha value is -1.25. The topological polar surface area (TPSA) is 72.4 Å². The van der Waals surface area contributed by atoms with Crippen LogP contribution in [-0.4, -0.2) is 26.3 Å².